The monoisotopic (exact) mass is 269 g/mol. The van der Waals surface area contributed by atoms with Crippen LogP contribution in [0.2, 0.25) is 0 Å². The predicted molar refractivity (Wildman–Crippen MR) is 80.3 cm³/mol. The number of pyridine rings is 1. The van der Waals surface area contributed by atoms with Gasteiger partial charge in [0.15, 0.2) is 0 Å². The first-order valence-corrected chi connectivity index (χ1v) is 6.97. The Labute approximate surface area is 118 Å². The summed E-state index contributed by atoms with van der Waals surface area (Å²) in [6.45, 7) is 3.75. The van der Waals surface area contributed by atoms with E-state index in [2.05, 4.69) is 29.2 Å². The van der Waals surface area contributed by atoms with Crippen molar-refractivity contribution in [2.24, 2.45) is 0 Å². The van der Waals surface area contributed by atoms with Gasteiger partial charge in [-0.15, -0.1) is 0 Å². The number of hydrogen-bond acceptors (Lipinski definition) is 3. The van der Waals surface area contributed by atoms with Crippen LogP contribution in [0.25, 0.3) is 0 Å². The smallest absolute Gasteiger partial charge is 0.250 e. The molecule has 1 aromatic heterocycles. The van der Waals surface area contributed by atoms with Crippen molar-refractivity contribution < 1.29 is 0 Å². The molecule has 3 rings (SSSR count). The quantitative estimate of drug-likeness (QED) is 0.921. The molecule has 1 aliphatic rings. The summed E-state index contributed by atoms with van der Waals surface area (Å²) in [5.74, 6) is 0. The lowest BCUT2D eigenvalue weighted by Crippen LogP contribution is -2.23. The van der Waals surface area contributed by atoms with Crippen LogP contribution in [0.15, 0.2) is 47.4 Å². The van der Waals surface area contributed by atoms with Gasteiger partial charge in [-0.1, -0.05) is 24.3 Å². The molecule has 20 heavy (non-hydrogen) atoms. The first kappa shape index (κ1) is 12.9. The van der Waals surface area contributed by atoms with Crippen molar-refractivity contribution in [3.63, 3.8) is 0 Å². The standard InChI is InChI=1S/C16H19N3O/c17-15-6-7-16(20)19(12-15)9-3-8-18-10-13-4-1-2-5-14(13)11-18/h1-2,4-7,12H,3,8-11,17H2. The molecule has 0 aliphatic carbocycles. The number of rotatable bonds is 4. The highest BCUT2D eigenvalue weighted by Crippen LogP contribution is 2.21. The van der Waals surface area contributed by atoms with Crippen molar-refractivity contribution in [3.8, 4) is 0 Å². The number of anilines is 1. The summed E-state index contributed by atoms with van der Waals surface area (Å²) in [5.41, 5.74) is 9.21. The van der Waals surface area contributed by atoms with E-state index in [0.29, 0.717) is 5.69 Å². The van der Waals surface area contributed by atoms with E-state index < -0.39 is 0 Å². The largest absolute Gasteiger partial charge is 0.398 e. The summed E-state index contributed by atoms with van der Waals surface area (Å²) in [6.07, 6.45) is 2.68. The highest BCUT2D eigenvalue weighted by molar-refractivity contribution is 5.33. The second-order valence-electron chi connectivity index (χ2n) is 5.33. The van der Waals surface area contributed by atoms with Gasteiger partial charge >= 0.3 is 0 Å². The second kappa shape index (κ2) is 5.51. The molecule has 1 aliphatic heterocycles. The molecule has 2 heterocycles. The van der Waals surface area contributed by atoms with Crippen molar-refractivity contribution in [3.05, 3.63) is 64.1 Å². The average molecular weight is 269 g/mol. The summed E-state index contributed by atoms with van der Waals surface area (Å²) in [6, 6.07) is 11.7. The minimum absolute atomic E-state index is 0.0175. The minimum Gasteiger partial charge on any atom is -0.398 e. The molecular formula is C16H19N3O. The third kappa shape index (κ3) is 2.75. The fourth-order valence-electron chi connectivity index (χ4n) is 2.75. The Bertz CT molecular complexity index is 638. The first-order valence-electron chi connectivity index (χ1n) is 6.97. The number of nitrogens with two attached hydrogens (primary N) is 1. The molecule has 0 bridgehead atoms. The van der Waals surface area contributed by atoms with Crippen LogP contribution in [0.5, 0.6) is 0 Å². The number of nitrogen functional groups attached to an aromatic ring is 1. The molecule has 0 amide bonds. The van der Waals surface area contributed by atoms with E-state index >= 15 is 0 Å². The van der Waals surface area contributed by atoms with Gasteiger partial charge in [-0.25, -0.2) is 0 Å². The highest BCUT2D eigenvalue weighted by Gasteiger charge is 2.17. The van der Waals surface area contributed by atoms with Crippen molar-refractivity contribution >= 4 is 5.69 Å². The number of aryl methyl sites for hydroxylation is 1. The molecule has 0 radical (unpaired) electrons. The molecule has 0 saturated heterocycles. The number of fused-ring (bicyclic) bond motifs is 1. The number of nitrogens with zero attached hydrogens (tertiary/aromatic N) is 2. The Morgan fingerprint density at radius 3 is 2.40 bits per heavy atom. The zero-order valence-corrected chi connectivity index (χ0v) is 11.5. The molecule has 104 valence electrons. The van der Waals surface area contributed by atoms with Gasteiger partial charge in [0.2, 0.25) is 0 Å². The van der Waals surface area contributed by atoms with Crippen LogP contribution in [0.1, 0.15) is 17.5 Å². The Kier molecular flexibility index (Phi) is 3.56. The predicted octanol–water partition coefficient (Wildman–Crippen LogP) is 1.84. The van der Waals surface area contributed by atoms with Crippen LogP contribution >= 0.6 is 0 Å². The lowest BCUT2D eigenvalue weighted by molar-refractivity contribution is 0.274. The summed E-state index contributed by atoms with van der Waals surface area (Å²) >= 11 is 0. The topological polar surface area (TPSA) is 51.3 Å². The lowest BCUT2D eigenvalue weighted by atomic mass is 10.1. The fraction of sp³-hybridized carbons (Fsp3) is 0.312. The Hall–Kier alpha value is -2.07. The number of hydrogen-bond donors (Lipinski definition) is 1. The normalized spacial score (nSPS) is 14.4. The molecule has 2 aromatic rings. The molecule has 0 unspecified atom stereocenters. The van der Waals surface area contributed by atoms with E-state index in [9.17, 15) is 4.79 Å². The summed E-state index contributed by atoms with van der Waals surface area (Å²) in [4.78, 5) is 14.1. The van der Waals surface area contributed by atoms with Gasteiger partial charge < -0.3 is 10.3 Å². The Morgan fingerprint density at radius 2 is 1.70 bits per heavy atom. The van der Waals surface area contributed by atoms with Crippen LogP contribution in [0, 0.1) is 0 Å². The van der Waals surface area contributed by atoms with E-state index in [1.165, 1.54) is 17.2 Å². The Morgan fingerprint density at radius 1 is 1.00 bits per heavy atom. The first-order chi connectivity index (χ1) is 9.72. The van der Waals surface area contributed by atoms with Gasteiger partial charge in [0.25, 0.3) is 5.56 Å². The maximum Gasteiger partial charge on any atom is 0.250 e. The maximum absolute atomic E-state index is 11.7. The number of aromatic nitrogens is 1. The average Bonchev–Trinajstić information content (AvgIpc) is 2.85. The van der Waals surface area contributed by atoms with Crippen LogP contribution < -0.4 is 11.3 Å². The van der Waals surface area contributed by atoms with Crippen molar-refractivity contribution in [2.75, 3.05) is 12.3 Å². The van der Waals surface area contributed by atoms with Crippen LogP contribution in [-0.2, 0) is 19.6 Å². The Balaban J connectivity index is 1.55. The van der Waals surface area contributed by atoms with Crippen molar-refractivity contribution in [1.29, 1.82) is 0 Å². The SMILES string of the molecule is Nc1ccc(=O)n(CCCN2Cc3ccccc3C2)c1. The van der Waals surface area contributed by atoms with Crippen LogP contribution in [-0.4, -0.2) is 16.0 Å². The van der Waals surface area contributed by atoms with Gasteiger partial charge in [-0.05, 0) is 23.6 Å². The van der Waals surface area contributed by atoms with Crippen molar-refractivity contribution in [1.82, 2.24) is 9.47 Å². The molecule has 0 atom stereocenters. The molecule has 0 saturated carbocycles. The molecule has 0 fully saturated rings. The maximum atomic E-state index is 11.7. The summed E-state index contributed by atoms with van der Waals surface area (Å²) in [5, 5.41) is 0. The van der Waals surface area contributed by atoms with Crippen LogP contribution in [0.4, 0.5) is 5.69 Å². The van der Waals surface area contributed by atoms with Gasteiger partial charge in [0.05, 0.1) is 0 Å². The van der Waals surface area contributed by atoms with Crippen molar-refractivity contribution in [2.45, 2.75) is 26.1 Å². The number of benzene rings is 1. The highest BCUT2D eigenvalue weighted by atomic mass is 16.1. The van der Waals surface area contributed by atoms with E-state index in [1.54, 1.807) is 16.8 Å². The summed E-state index contributed by atoms with van der Waals surface area (Å²) in [7, 11) is 0. The minimum atomic E-state index is 0.0175. The summed E-state index contributed by atoms with van der Waals surface area (Å²) < 4.78 is 1.69. The fourth-order valence-corrected chi connectivity index (χ4v) is 2.75. The zero-order valence-electron chi connectivity index (χ0n) is 11.5. The van der Waals surface area contributed by atoms with E-state index in [0.717, 1.165) is 32.6 Å². The molecular weight excluding hydrogens is 250 g/mol. The molecule has 1 aromatic carbocycles. The van der Waals surface area contributed by atoms with E-state index in [1.807, 2.05) is 0 Å². The third-order valence-electron chi connectivity index (χ3n) is 3.79. The molecule has 4 heteroatoms. The van der Waals surface area contributed by atoms with E-state index in [-0.39, 0.29) is 5.56 Å². The molecule has 2 N–H and O–H groups in total. The third-order valence-corrected chi connectivity index (χ3v) is 3.79. The van der Waals surface area contributed by atoms with Gasteiger partial charge in [-0.2, -0.15) is 0 Å². The van der Waals surface area contributed by atoms with E-state index in [4.69, 9.17) is 5.73 Å². The van der Waals surface area contributed by atoms with Gasteiger partial charge in [0, 0.05) is 44.1 Å². The molecule has 4 nitrogen and oxygen atoms in total. The van der Waals surface area contributed by atoms with Gasteiger partial charge in [-0.3, -0.25) is 9.69 Å². The van der Waals surface area contributed by atoms with Crippen LogP contribution in [0.3, 0.4) is 0 Å². The lowest BCUT2D eigenvalue weighted by Gasteiger charge is -2.15. The van der Waals surface area contributed by atoms with Gasteiger partial charge in [0.1, 0.15) is 0 Å². The molecule has 0 spiro atoms. The second-order valence-corrected chi connectivity index (χ2v) is 5.33. The zero-order chi connectivity index (χ0) is 13.9.